The normalized spacial score (nSPS) is 10.9. The lowest BCUT2D eigenvalue weighted by Crippen LogP contribution is -2.25. The van der Waals surface area contributed by atoms with Crippen LogP contribution in [0, 0.1) is 0 Å². The summed E-state index contributed by atoms with van der Waals surface area (Å²) in [6, 6.07) is 11.0. The number of benzene rings is 2. The van der Waals surface area contributed by atoms with Gasteiger partial charge in [0.25, 0.3) is 0 Å². The smallest absolute Gasteiger partial charge is 0.223 e. The van der Waals surface area contributed by atoms with Crippen molar-refractivity contribution < 1.29 is 29.6 Å². The second-order valence-electron chi connectivity index (χ2n) is 10.3. The van der Waals surface area contributed by atoms with E-state index in [0.717, 1.165) is 17.6 Å². The van der Waals surface area contributed by atoms with E-state index in [4.69, 9.17) is 4.74 Å². The van der Waals surface area contributed by atoms with Crippen LogP contribution < -0.4 is 15.5 Å². The van der Waals surface area contributed by atoms with Gasteiger partial charge in [-0.2, -0.15) is 0 Å². The highest BCUT2D eigenvalue weighted by Crippen LogP contribution is 2.33. The van der Waals surface area contributed by atoms with E-state index in [2.05, 4.69) is 5.32 Å². The lowest BCUT2D eigenvalue weighted by Gasteiger charge is -2.14. The Morgan fingerprint density at radius 1 is 1.00 bits per heavy atom. The molecule has 0 fully saturated rings. The van der Waals surface area contributed by atoms with Crippen molar-refractivity contribution in [2.45, 2.75) is 52.5 Å². The van der Waals surface area contributed by atoms with Crippen LogP contribution in [0.15, 0.2) is 71.2 Å². The monoisotopic (exact) mass is 574 g/mol. The first kappa shape index (κ1) is 31.7. The summed E-state index contributed by atoms with van der Waals surface area (Å²) in [4.78, 5) is 36.7. The Labute approximate surface area is 245 Å². The maximum atomic E-state index is 12.9. The first-order chi connectivity index (χ1) is 20.0. The second kappa shape index (κ2) is 15.3. The van der Waals surface area contributed by atoms with Gasteiger partial charge >= 0.3 is 0 Å². The average Bonchev–Trinajstić information content (AvgIpc) is 2.95. The van der Waals surface area contributed by atoms with Crippen LogP contribution in [0.4, 0.5) is 0 Å². The van der Waals surface area contributed by atoms with Crippen LogP contribution in [-0.2, 0) is 24.8 Å². The predicted molar refractivity (Wildman–Crippen MR) is 162 cm³/mol. The number of allylic oxidation sites excluding steroid dienone is 3. The van der Waals surface area contributed by atoms with Gasteiger partial charge < -0.3 is 29.9 Å². The number of hydrogen-bond acceptors (Lipinski definition) is 7. The number of nitrogens with zero attached hydrogens (tertiary/aromatic N) is 1. The summed E-state index contributed by atoms with van der Waals surface area (Å²) in [6.45, 7) is 4.48. The highest BCUT2D eigenvalue weighted by Gasteiger charge is 2.17. The minimum Gasteiger partial charge on any atom is -0.508 e. The highest BCUT2D eigenvalue weighted by atomic mass is 16.5. The largest absolute Gasteiger partial charge is 0.508 e. The second-order valence-corrected chi connectivity index (χ2v) is 10.3. The molecule has 1 aromatic heterocycles. The number of ether oxygens (including phenoxy) is 1. The molecule has 9 nitrogen and oxygen atoms in total. The number of hydrogen-bond donors (Lipinski definition) is 4. The summed E-state index contributed by atoms with van der Waals surface area (Å²) in [6.07, 6.45) is 9.10. The number of carbonyl (C=O) groups is 2. The van der Waals surface area contributed by atoms with E-state index in [1.54, 1.807) is 42.0 Å². The molecule has 1 amide bonds. The van der Waals surface area contributed by atoms with Crippen molar-refractivity contribution >= 4 is 17.8 Å². The van der Waals surface area contributed by atoms with Crippen molar-refractivity contribution in [3.8, 4) is 23.0 Å². The molecule has 0 unspecified atom stereocenters. The van der Waals surface area contributed by atoms with E-state index in [0.29, 0.717) is 49.3 Å². The molecule has 0 spiro atoms. The van der Waals surface area contributed by atoms with Crippen molar-refractivity contribution in [2.24, 2.45) is 7.05 Å². The molecule has 3 rings (SSSR count). The van der Waals surface area contributed by atoms with E-state index in [1.165, 1.54) is 30.5 Å². The number of aromatic nitrogens is 1. The Kier molecular flexibility index (Phi) is 11.5. The summed E-state index contributed by atoms with van der Waals surface area (Å²) in [7, 11) is 1.69. The third-order valence-electron chi connectivity index (χ3n) is 6.63. The zero-order valence-corrected chi connectivity index (χ0v) is 24.2. The Balaban J connectivity index is 1.52. The molecule has 0 aliphatic heterocycles. The molecule has 42 heavy (non-hydrogen) atoms. The number of aryl methyl sites for hydroxylation is 1. The van der Waals surface area contributed by atoms with Crippen molar-refractivity contribution in [3.05, 3.63) is 99.0 Å². The average molecular weight is 575 g/mol. The number of aromatic hydroxyl groups is 3. The summed E-state index contributed by atoms with van der Waals surface area (Å²) >= 11 is 0. The molecular weight excluding hydrogens is 536 g/mol. The third-order valence-corrected chi connectivity index (χ3v) is 6.63. The molecule has 0 aliphatic rings. The highest BCUT2D eigenvalue weighted by molar-refractivity contribution is 6.09. The van der Waals surface area contributed by atoms with Gasteiger partial charge in [-0.15, -0.1) is 0 Å². The Morgan fingerprint density at radius 3 is 2.45 bits per heavy atom. The van der Waals surface area contributed by atoms with Crippen molar-refractivity contribution in [1.29, 1.82) is 0 Å². The summed E-state index contributed by atoms with van der Waals surface area (Å²) in [5.41, 5.74) is 2.62. The van der Waals surface area contributed by atoms with Crippen LogP contribution >= 0.6 is 0 Å². The first-order valence-corrected chi connectivity index (χ1v) is 13.8. The number of pyridine rings is 1. The Bertz CT molecular complexity index is 1510. The summed E-state index contributed by atoms with van der Waals surface area (Å²) in [5.74, 6) is -0.299. The van der Waals surface area contributed by atoms with Crippen LogP contribution in [0.25, 0.3) is 6.08 Å². The fourth-order valence-electron chi connectivity index (χ4n) is 4.16. The number of ketones is 1. The SMILES string of the molecule is CC(C)=CCc1c(OCCCCCC(=O)NCc2cc(=O)c(O)cn2C)ccc(C(=O)/C=C/c2ccc(O)cc2)c1O. The third kappa shape index (κ3) is 9.40. The fourth-order valence-corrected chi connectivity index (χ4v) is 4.16. The van der Waals surface area contributed by atoms with E-state index in [-0.39, 0.29) is 41.0 Å². The standard InChI is InChI=1S/C33H38N2O7/c1-22(2)8-14-27-31(17-15-26(33(27)41)28(37)16-11-23-9-12-25(36)13-10-23)42-18-6-4-5-7-32(40)34-20-24-19-29(38)30(39)21-35(24)3/h8-13,15-17,19,21,36,39,41H,4-7,14,18,20H2,1-3H3,(H,34,40)/b16-11+. The fraction of sp³-hybridized carbons (Fsp3) is 0.303. The van der Waals surface area contributed by atoms with Gasteiger partial charge in [-0.05, 0) is 75.4 Å². The van der Waals surface area contributed by atoms with Gasteiger partial charge in [0.2, 0.25) is 11.3 Å². The molecule has 3 aromatic rings. The number of unbranched alkanes of at least 4 members (excludes halogenated alkanes) is 2. The number of phenols is 2. The molecule has 4 N–H and O–H groups in total. The van der Waals surface area contributed by atoms with Gasteiger partial charge in [0.05, 0.1) is 18.7 Å². The molecule has 0 atom stereocenters. The van der Waals surface area contributed by atoms with Gasteiger partial charge in [-0.1, -0.05) is 29.9 Å². The van der Waals surface area contributed by atoms with E-state index in [9.17, 15) is 29.7 Å². The maximum absolute atomic E-state index is 12.9. The molecule has 0 bridgehead atoms. The van der Waals surface area contributed by atoms with Crippen molar-refractivity contribution in [2.75, 3.05) is 6.61 Å². The molecule has 222 valence electrons. The lowest BCUT2D eigenvalue weighted by molar-refractivity contribution is -0.121. The van der Waals surface area contributed by atoms with Crippen LogP contribution in [0.5, 0.6) is 23.0 Å². The Morgan fingerprint density at radius 2 is 1.74 bits per heavy atom. The van der Waals surface area contributed by atoms with Crippen molar-refractivity contribution in [3.63, 3.8) is 0 Å². The lowest BCUT2D eigenvalue weighted by atomic mass is 10.00. The van der Waals surface area contributed by atoms with E-state index < -0.39 is 5.43 Å². The number of carbonyl (C=O) groups excluding carboxylic acids is 2. The van der Waals surface area contributed by atoms with Gasteiger partial charge in [-0.25, -0.2) is 0 Å². The van der Waals surface area contributed by atoms with Gasteiger partial charge in [-0.3, -0.25) is 14.4 Å². The van der Waals surface area contributed by atoms with Crippen LogP contribution in [0.1, 0.15) is 66.7 Å². The molecule has 0 aliphatic carbocycles. The van der Waals surface area contributed by atoms with E-state index >= 15 is 0 Å². The summed E-state index contributed by atoms with van der Waals surface area (Å²) < 4.78 is 7.57. The molecular formula is C33H38N2O7. The van der Waals surface area contributed by atoms with E-state index in [1.807, 2.05) is 19.9 Å². The number of phenolic OH excluding ortho intramolecular Hbond substituents is 2. The molecule has 1 heterocycles. The maximum Gasteiger partial charge on any atom is 0.223 e. The molecule has 0 saturated carbocycles. The zero-order chi connectivity index (χ0) is 30.6. The van der Waals surface area contributed by atoms with Crippen LogP contribution in [-0.4, -0.2) is 38.2 Å². The molecule has 2 aromatic carbocycles. The molecule has 0 saturated heterocycles. The quantitative estimate of drug-likeness (QED) is 0.0903. The minimum atomic E-state index is -0.488. The van der Waals surface area contributed by atoms with Crippen LogP contribution in [0.2, 0.25) is 0 Å². The van der Waals surface area contributed by atoms with Crippen molar-refractivity contribution in [1.82, 2.24) is 9.88 Å². The number of rotatable bonds is 14. The number of amides is 1. The zero-order valence-electron chi connectivity index (χ0n) is 24.2. The molecule has 9 heteroatoms. The van der Waals surface area contributed by atoms with Gasteiger partial charge in [0.1, 0.15) is 17.2 Å². The number of nitrogens with one attached hydrogen (secondary N) is 1. The molecule has 0 radical (unpaired) electrons. The minimum absolute atomic E-state index is 0.117. The predicted octanol–water partition coefficient (Wildman–Crippen LogP) is 5.16. The van der Waals surface area contributed by atoms with Crippen LogP contribution in [0.3, 0.4) is 0 Å². The van der Waals surface area contributed by atoms with Gasteiger partial charge in [0, 0.05) is 37.0 Å². The Hall–Kier alpha value is -4.79. The topological polar surface area (TPSA) is 138 Å². The van der Waals surface area contributed by atoms with Gasteiger partial charge in [0.15, 0.2) is 11.5 Å². The summed E-state index contributed by atoms with van der Waals surface area (Å²) in [5, 5.41) is 32.7. The first-order valence-electron chi connectivity index (χ1n) is 13.8.